The second kappa shape index (κ2) is 7.31. The van der Waals surface area contributed by atoms with Crippen LogP contribution in [0.2, 0.25) is 10.0 Å². The Hall–Kier alpha value is -1.02. The highest BCUT2D eigenvalue weighted by atomic mass is 35.5. The molecule has 2 aromatic carbocycles. The lowest BCUT2D eigenvalue weighted by Gasteiger charge is -2.22. The molecule has 1 N–H and O–H groups in total. The lowest BCUT2D eigenvalue weighted by Crippen LogP contribution is -2.24. The fourth-order valence-corrected chi connectivity index (χ4v) is 2.91. The van der Waals surface area contributed by atoms with Crippen LogP contribution in [0.15, 0.2) is 36.4 Å². The Morgan fingerprint density at radius 2 is 1.81 bits per heavy atom. The summed E-state index contributed by atoms with van der Waals surface area (Å²) in [6.07, 6.45) is 0.898. The molecule has 0 aromatic heterocycles. The molecule has 0 aliphatic heterocycles. The fraction of sp³-hybridized carbons (Fsp3) is 0.333. The number of aryl methyl sites for hydroxylation is 1. The summed E-state index contributed by atoms with van der Waals surface area (Å²) in [6, 6.07) is 12.6. The van der Waals surface area contributed by atoms with Gasteiger partial charge >= 0.3 is 0 Å². The molecule has 0 bridgehead atoms. The third-order valence-electron chi connectivity index (χ3n) is 3.90. The highest BCUT2D eigenvalue weighted by Gasteiger charge is 2.15. The summed E-state index contributed by atoms with van der Waals surface area (Å²) in [5.74, 6) is 0. The van der Waals surface area contributed by atoms with E-state index < -0.39 is 0 Å². The molecule has 0 aliphatic rings. The number of nitrogens with one attached hydrogen (secondary N) is 1. The van der Waals surface area contributed by atoms with Gasteiger partial charge in [0.05, 0.1) is 10.0 Å². The summed E-state index contributed by atoms with van der Waals surface area (Å²) in [5.41, 5.74) is 5.22. The van der Waals surface area contributed by atoms with E-state index in [-0.39, 0.29) is 6.04 Å². The van der Waals surface area contributed by atoms with Crippen LogP contribution >= 0.6 is 23.2 Å². The molecule has 1 unspecified atom stereocenters. The molecule has 112 valence electrons. The molecular formula is C18H21Cl2N. The number of likely N-dealkylation sites (N-methyl/N-ethyl adjacent to an activating group) is 1. The number of hydrogen-bond donors (Lipinski definition) is 1. The van der Waals surface area contributed by atoms with Crippen LogP contribution in [0.25, 0.3) is 0 Å². The molecule has 1 atom stereocenters. The first kappa shape index (κ1) is 16.4. The van der Waals surface area contributed by atoms with Gasteiger partial charge in [-0.3, -0.25) is 0 Å². The normalized spacial score (nSPS) is 12.4. The zero-order valence-electron chi connectivity index (χ0n) is 12.7. The second-order valence-electron chi connectivity index (χ2n) is 5.35. The SMILES string of the molecule is CCNC(Cc1ccc(Cl)c(Cl)c1)c1cccc(C)c1C. The number of benzene rings is 2. The predicted molar refractivity (Wildman–Crippen MR) is 92.5 cm³/mol. The molecule has 2 rings (SSSR count). The van der Waals surface area contributed by atoms with E-state index in [1.165, 1.54) is 22.3 Å². The summed E-state index contributed by atoms with van der Waals surface area (Å²) in [5, 5.41) is 4.79. The molecule has 0 heterocycles. The minimum atomic E-state index is 0.284. The van der Waals surface area contributed by atoms with E-state index in [4.69, 9.17) is 23.2 Å². The Morgan fingerprint density at radius 1 is 1.05 bits per heavy atom. The van der Waals surface area contributed by atoms with Gasteiger partial charge in [-0.05, 0) is 61.2 Å². The number of halogens is 2. The van der Waals surface area contributed by atoms with Crippen molar-refractivity contribution in [1.82, 2.24) is 5.32 Å². The van der Waals surface area contributed by atoms with Crippen LogP contribution in [-0.4, -0.2) is 6.54 Å². The van der Waals surface area contributed by atoms with E-state index in [0.717, 1.165) is 13.0 Å². The zero-order valence-corrected chi connectivity index (χ0v) is 14.2. The van der Waals surface area contributed by atoms with Crippen LogP contribution in [0.5, 0.6) is 0 Å². The average Bonchev–Trinajstić information content (AvgIpc) is 2.45. The largest absolute Gasteiger partial charge is 0.310 e. The smallest absolute Gasteiger partial charge is 0.0595 e. The van der Waals surface area contributed by atoms with Gasteiger partial charge in [0, 0.05) is 6.04 Å². The maximum Gasteiger partial charge on any atom is 0.0595 e. The molecule has 2 aromatic rings. The average molecular weight is 322 g/mol. The molecule has 3 heteroatoms. The summed E-state index contributed by atoms with van der Waals surface area (Å²) in [7, 11) is 0. The van der Waals surface area contributed by atoms with E-state index in [2.05, 4.69) is 44.3 Å². The maximum atomic E-state index is 6.12. The monoisotopic (exact) mass is 321 g/mol. The lowest BCUT2D eigenvalue weighted by molar-refractivity contribution is 0.547. The van der Waals surface area contributed by atoms with Gasteiger partial charge in [-0.15, -0.1) is 0 Å². The fourth-order valence-electron chi connectivity index (χ4n) is 2.59. The first-order valence-electron chi connectivity index (χ1n) is 7.26. The highest BCUT2D eigenvalue weighted by Crippen LogP contribution is 2.27. The molecule has 0 amide bonds. The van der Waals surface area contributed by atoms with Gasteiger partial charge in [-0.2, -0.15) is 0 Å². The van der Waals surface area contributed by atoms with E-state index in [1.54, 1.807) is 0 Å². The van der Waals surface area contributed by atoms with Crippen molar-refractivity contribution in [2.45, 2.75) is 33.2 Å². The standard InChI is InChI=1S/C18H21Cl2N/c1-4-21-18(15-7-5-6-12(2)13(15)3)11-14-8-9-16(19)17(20)10-14/h5-10,18,21H,4,11H2,1-3H3. The Kier molecular flexibility index (Phi) is 5.69. The molecule has 0 fully saturated rings. The topological polar surface area (TPSA) is 12.0 Å². The summed E-state index contributed by atoms with van der Waals surface area (Å²) >= 11 is 12.1. The minimum Gasteiger partial charge on any atom is -0.310 e. The van der Waals surface area contributed by atoms with E-state index >= 15 is 0 Å². The Morgan fingerprint density at radius 3 is 2.48 bits per heavy atom. The summed E-state index contributed by atoms with van der Waals surface area (Å²) in [4.78, 5) is 0. The van der Waals surface area contributed by atoms with Crippen LogP contribution in [0.1, 0.15) is 35.2 Å². The number of rotatable bonds is 5. The molecular weight excluding hydrogens is 301 g/mol. The van der Waals surface area contributed by atoms with E-state index in [9.17, 15) is 0 Å². The van der Waals surface area contributed by atoms with Crippen LogP contribution in [0.3, 0.4) is 0 Å². The molecule has 0 radical (unpaired) electrons. The Bertz CT molecular complexity index is 623. The van der Waals surface area contributed by atoms with Crippen molar-refractivity contribution in [3.63, 3.8) is 0 Å². The molecule has 0 saturated heterocycles. The quantitative estimate of drug-likeness (QED) is 0.766. The third-order valence-corrected chi connectivity index (χ3v) is 4.64. The summed E-state index contributed by atoms with van der Waals surface area (Å²) in [6.45, 7) is 7.40. The van der Waals surface area contributed by atoms with Gasteiger partial charge < -0.3 is 5.32 Å². The zero-order chi connectivity index (χ0) is 15.4. The van der Waals surface area contributed by atoms with Gasteiger partial charge in [0.15, 0.2) is 0 Å². The first-order valence-corrected chi connectivity index (χ1v) is 8.02. The van der Waals surface area contributed by atoms with Crippen LogP contribution in [0.4, 0.5) is 0 Å². The molecule has 0 saturated carbocycles. The van der Waals surface area contributed by atoms with Crippen LogP contribution < -0.4 is 5.32 Å². The molecule has 1 nitrogen and oxygen atoms in total. The van der Waals surface area contributed by atoms with Crippen LogP contribution in [0, 0.1) is 13.8 Å². The van der Waals surface area contributed by atoms with Crippen LogP contribution in [-0.2, 0) is 6.42 Å². The Labute approximate surface area is 137 Å². The third kappa shape index (κ3) is 4.00. The van der Waals surface area contributed by atoms with Crippen molar-refractivity contribution >= 4 is 23.2 Å². The van der Waals surface area contributed by atoms with Crippen molar-refractivity contribution in [1.29, 1.82) is 0 Å². The minimum absolute atomic E-state index is 0.284. The van der Waals surface area contributed by atoms with Gasteiger partial charge in [0.25, 0.3) is 0 Å². The van der Waals surface area contributed by atoms with Gasteiger partial charge in [-0.1, -0.05) is 54.4 Å². The molecule has 0 spiro atoms. The molecule has 0 aliphatic carbocycles. The van der Waals surface area contributed by atoms with E-state index in [0.29, 0.717) is 10.0 Å². The van der Waals surface area contributed by atoms with Crippen molar-refractivity contribution in [2.24, 2.45) is 0 Å². The molecule has 21 heavy (non-hydrogen) atoms. The van der Waals surface area contributed by atoms with Crippen molar-refractivity contribution in [3.8, 4) is 0 Å². The lowest BCUT2D eigenvalue weighted by atomic mass is 9.93. The maximum absolute atomic E-state index is 6.12. The van der Waals surface area contributed by atoms with Crippen molar-refractivity contribution in [2.75, 3.05) is 6.54 Å². The van der Waals surface area contributed by atoms with Gasteiger partial charge in [-0.25, -0.2) is 0 Å². The van der Waals surface area contributed by atoms with Crippen molar-refractivity contribution < 1.29 is 0 Å². The summed E-state index contributed by atoms with van der Waals surface area (Å²) < 4.78 is 0. The predicted octanol–water partition coefficient (Wildman–Crippen LogP) is 5.50. The second-order valence-corrected chi connectivity index (χ2v) is 6.17. The van der Waals surface area contributed by atoms with E-state index in [1.807, 2.05) is 18.2 Å². The van der Waals surface area contributed by atoms with Crippen molar-refractivity contribution in [3.05, 3.63) is 68.7 Å². The van der Waals surface area contributed by atoms with Gasteiger partial charge in [0.1, 0.15) is 0 Å². The first-order chi connectivity index (χ1) is 10.0. The number of hydrogen-bond acceptors (Lipinski definition) is 1. The highest BCUT2D eigenvalue weighted by molar-refractivity contribution is 6.42. The van der Waals surface area contributed by atoms with Gasteiger partial charge in [0.2, 0.25) is 0 Å². The Balaban J connectivity index is 2.30.